The van der Waals surface area contributed by atoms with Crippen LogP contribution in [-0.4, -0.2) is 7.05 Å². The number of rotatable bonds is 4. The van der Waals surface area contributed by atoms with Gasteiger partial charge in [-0.05, 0) is 37.6 Å². The van der Waals surface area contributed by atoms with E-state index in [1.807, 2.05) is 50.1 Å². The van der Waals surface area contributed by atoms with Crippen molar-refractivity contribution in [2.24, 2.45) is 5.73 Å². The Morgan fingerprint density at radius 2 is 1.81 bits per heavy atom. The molecule has 0 heterocycles. The van der Waals surface area contributed by atoms with Crippen LogP contribution < -0.4 is 10.6 Å². The van der Waals surface area contributed by atoms with Gasteiger partial charge in [-0.2, -0.15) is 0 Å². The third kappa shape index (κ3) is 3.36. The lowest BCUT2D eigenvalue weighted by Crippen LogP contribution is -2.23. The van der Waals surface area contributed by atoms with Crippen molar-refractivity contribution in [2.45, 2.75) is 25.9 Å². The first-order valence-electron chi connectivity index (χ1n) is 6.94. The van der Waals surface area contributed by atoms with Gasteiger partial charge in [-0.1, -0.05) is 35.9 Å². The van der Waals surface area contributed by atoms with Crippen LogP contribution >= 0.6 is 11.6 Å². The molecule has 2 atom stereocenters. The van der Waals surface area contributed by atoms with Crippen LogP contribution in [0.3, 0.4) is 0 Å². The third-order valence-electron chi connectivity index (χ3n) is 3.81. The van der Waals surface area contributed by atoms with E-state index in [9.17, 15) is 4.39 Å². The Hall–Kier alpha value is -1.58. The van der Waals surface area contributed by atoms with E-state index in [-0.39, 0.29) is 17.9 Å². The molecule has 0 aliphatic carbocycles. The van der Waals surface area contributed by atoms with E-state index < -0.39 is 0 Å². The van der Waals surface area contributed by atoms with Crippen molar-refractivity contribution in [3.05, 3.63) is 64.4 Å². The molecular formula is C17H20ClFN2. The summed E-state index contributed by atoms with van der Waals surface area (Å²) in [6.07, 6.45) is 0. The number of halogens is 2. The van der Waals surface area contributed by atoms with Gasteiger partial charge < -0.3 is 10.6 Å². The van der Waals surface area contributed by atoms with Crippen LogP contribution in [0.5, 0.6) is 0 Å². The maximum absolute atomic E-state index is 13.9. The molecule has 112 valence electrons. The fourth-order valence-corrected chi connectivity index (χ4v) is 2.65. The number of benzene rings is 2. The van der Waals surface area contributed by atoms with Gasteiger partial charge in [-0.15, -0.1) is 0 Å². The minimum absolute atomic E-state index is 0.0640. The zero-order chi connectivity index (χ0) is 15.6. The maximum Gasteiger partial charge on any atom is 0.128 e. The summed E-state index contributed by atoms with van der Waals surface area (Å²) in [6, 6.07) is 12.4. The van der Waals surface area contributed by atoms with E-state index in [0.29, 0.717) is 10.6 Å². The van der Waals surface area contributed by atoms with Gasteiger partial charge in [0.1, 0.15) is 5.82 Å². The number of hydrogen-bond acceptors (Lipinski definition) is 2. The predicted octanol–water partition coefficient (Wildman–Crippen LogP) is 4.70. The SMILES string of the molecule is CC(c1ccccc1F)N(C)c1ccc([C@@H](C)N)cc1Cl. The van der Waals surface area contributed by atoms with Gasteiger partial charge in [0.15, 0.2) is 0 Å². The quantitative estimate of drug-likeness (QED) is 0.887. The Bertz CT molecular complexity index is 628. The van der Waals surface area contributed by atoms with Crippen LogP contribution in [0.2, 0.25) is 5.02 Å². The van der Waals surface area contributed by atoms with Crippen molar-refractivity contribution >= 4 is 17.3 Å². The van der Waals surface area contributed by atoms with Crippen molar-refractivity contribution in [1.29, 1.82) is 0 Å². The summed E-state index contributed by atoms with van der Waals surface area (Å²) in [7, 11) is 1.91. The number of nitrogens with two attached hydrogens (primary N) is 1. The van der Waals surface area contributed by atoms with E-state index in [0.717, 1.165) is 11.3 Å². The Labute approximate surface area is 130 Å². The molecule has 0 radical (unpaired) electrons. The molecule has 1 unspecified atom stereocenters. The van der Waals surface area contributed by atoms with Gasteiger partial charge >= 0.3 is 0 Å². The Kier molecular flexibility index (Phi) is 4.86. The van der Waals surface area contributed by atoms with Crippen LogP contribution in [0.1, 0.15) is 37.1 Å². The van der Waals surface area contributed by atoms with Gasteiger partial charge in [-0.25, -0.2) is 4.39 Å². The predicted molar refractivity (Wildman–Crippen MR) is 87.3 cm³/mol. The lowest BCUT2D eigenvalue weighted by Gasteiger charge is -2.29. The third-order valence-corrected chi connectivity index (χ3v) is 4.12. The normalized spacial score (nSPS) is 13.8. The molecule has 0 bridgehead atoms. The average Bonchev–Trinajstić information content (AvgIpc) is 2.46. The fraction of sp³-hybridized carbons (Fsp3) is 0.294. The first-order chi connectivity index (χ1) is 9.91. The minimum Gasteiger partial charge on any atom is -0.367 e. The molecule has 0 saturated heterocycles. The summed E-state index contributed by atoms with van der Waals surface area (Å²) < 4.78 is 13.9. The van der Waals surface area contributed by atoms with E-state index >= 15 is 0 Å². The molecule has 0 aromatic heterocycles. The minimum atomic E-state index is -0.208. The summed E-state index contributed by atoms with van der Waals surface area (Å²) in [5.41, 5.74) is 8.34. The van der Waals surface area contributed by atoms with E-state index in [1.165, 1.54) is 6.07 Å². The molecule has 2 rings (SSSR count). The lowest BCUT2D eigenvalue weighted by molar-refractivity contribution is 0.585. The molecular weight excluding hydrogens is 287 g/mol. The molecule has 2 aromatic rings. The second-order valence-electron chi connectivity index (χ2n) is 5.31. The molecule has 2 aromatic carbocycles. The lowest BCUT2D eigenvalue weighted by atomic mass is 10.0. The van der Waals surface area contributed by atoms with Crippen molar-refractivity contribution in [3.63, 3.8) is 0 Å². The zero-order valence-corrected chi connectivity index (χ0v) is 13.2. The Balaban J connectivity index is 2.32. The number of anilines is 1. The number of nitrogens with zero attached hydrogens (tertiary/aromatic N) is 1. The fourth-order valence-electron chi connectivity index (χ4n) is 2.32. The molecule has 0 aliphatic rings. The summed E-state index contributed by atoms with van der Waals surface area (Å²) in [6.45, 7) is 3.87. The second-order valence-corrected chi connectivity index (χ2v) is 5.72. The van der Waals surface area contributed by atoms with Gasteiger partial charge in [-0.3, -0.25) is 0 Å². The number of hydrogen-bond donors (Lipinski definition) is 1. The molecule has 0 spiro atoms. The molecule has 0 aliphatic heterocycles. The van der Waals surface area contributed by atoms with Gasteiger partial charge in [0.2, 0.25) is 0 Å². The van der Waals surface area contributed by atoms with Crippen LogP contribution in [0.15, 0.2) is 42.5 Å². The standard InChI is InChI=1S/C17H20ClFN2/c1-11(20)13-8-9-17(15(18)10-13)21(3)12(2)14-6-4-5-7-16(14)19/h4-12H,20H2,1-3H3/t11-,12?/m1/s1. The molecule has 0 fully saturated rings. The van der Waals surface area contributed by atoms with E-state index in [1.54, 1.807) is 12.1 Å². The molecule has 2 N–H and O–H groups in total. The van der Waals surface area contributed by atoms with Crippen LogP contribution in [0.25, 0.3) is 0 Å². The maximum atomic E-state index is 13.9. The first kappa shape index (κ1) is 15.8. The second kappa shape index (κ2) is 6.46. The van der Waals surface area contributed by atoms with Gasteiger partial charge in [0.05, 0.1) is 16.8 Å². The van der Waals surface area contributed by atoms with Crippen LogP contribution in [0.4, 0.5) is 10.1 Å². The molecule has 0 amide bonds. The topological polar surface area (TPSA) is 29.3 Å². The zero-order valence-electron chi connectivity index (χ0n) is 12.5. The van der Waals surface area contributed by atoms with Crippen molar-refractivity contribution in [2.75, 3.05) is 11.9 Å². The smallest absolute Gasteiger partial charge is 0.128 e. The monoisotopic (exact) mass is 306 g/mol. The highest BCUT2D eigenvalue weighted by molar-refractivity contribution is 6.33. The van der Waals surface area contributed by atoms with E-state index in [4.69, 9.17) is 17.3 Å². The Morgan fingerprint density at radius 3 is 2.38 bits per heavy atom. The molecule has 21 heavy (non-hydrogen) atoms. The summed E-state index contributed by atoms with van der Waals surface area (Å²) in [5.74, 6) is -0.208. The van der Waals surface area contributed by atoms with Crippen LogP contribution in [-0.2, 0) is 0 Å². The average molecular weight is 307 g/mol. The van der Waals surface area contributed by atoms with E-state index in [2.05, 4.69) is 0 Å². The van der Waals surface area contributed by atoms with Crippen molar-refractivity contribution < 1.29 is 4.39 Å². The summed E-state index contributed by atoms with van der Waals surface area (Å²) >= 11 is 6.35. The first-order valence-corrected chi connectivity index (χ1v) is 7.32. The summed E-state index contributed by atoms with van der Waals surface area (Å²) in [4.78, 5) is 1.96. The van der Waals surface area contributed by atoms with Crippen molar-refractivity contribution in [3.8, 4) is 0 Å². The van der Waals surface area contributed by atoms with Gasteiger partial charge in [0.25, 0.3) is 0 Å². The molecule has 4 heteroatoms. The largest absolute Gasteiger partial charge is 0.367 e. The van der Waals surface area contributed by atoms with Crippen LogP contribution in [0, 0.1) is 5.82 Å². The Morgan fingerprint density at radius 1 is 1.14 bits per heavy atom. The highest BCUT2D eigenvalue weighted by Gasteiger charge is 2.18. The molecule has 2 nitrogen and oxygen atoms in total. The summed E-state index contributed by atoms with van der Waals surface area (Å²) in [5, 5.41) is 0.621. The molecule has 0 saturated carbocycles. The highest BCUT2D eigenvalue weighted by Crippen LogP contribution is 2.33. The van der Waals surface area contributed by atoms with Gasteiger partial charge in [0, 0.05) is 18.7 Å². The highest BCUT2D eigenvalue weighted by atomic mass is 35.5. The van der Waals surface area contributed by atoms with Crippen molar-refractivity contribution in [1.82, 2.24) is 0 Å².